The van der Waals surface area contributed by atoms with E-state index in [1.165, 1.54) is 4.31 Å². The van der Waals surface area contributed by atoms with Gasteiger partial charge in [-0.1, -0.05) is 72.8 Å². The Morgan fingerprint density at radius 3 is 2.50 bits per heavy atom. The fourth-order valence-electron chi connectivity index (χ4n) is 5.82. The van der Waals surface area contributed by atoms with Crippen molar-refractivity contribution < 1.29 is 23.0 Å². The highest BCUT2D eigenvalue weighted by molar-refractivity contribution is 7.80. The first-order valence-electron chi connectivity index (χ1n) is 14.3. The van der Waals surface area contributed by atoms with Crippen LogP contribution in [0.2, 0.25) is 0 Å². The van der Waals surface area contributed by atoms with Crippen molar-refractivity contribution in [3.05, 3.63) is 108 Å². The molecule has 1 amide bonds. The van der Waals surface area contributed by atoms with Crippen molar-refractivity contribution >= 4 is 33.6 Å². The molecule has 42 heavy (non-hydrogen) atoms. The first-order valence-corrected chi connectivity index (χ1v) is 15.4. The van der Waals surface area contributed by atoms with Crippen LogP contribution in [0.5, 0.6) is 5.75 Å². The number of anilines is 1. The molecule has 3 unspecified atom stereocenters. The first-order chi connectivity index (χ1) is 20.5. The van der Waals surface area contributed by atoms with Gasteiger partial charge in [0, 0.05) is 48.6 Å². The lowest BCUT2D eigenvalue weighted by atomic mass is 9.97. The molecule has 3 atom stereocenters. The van der Waals surface area contributed by atoms with E-state index in [0.29, 0.717) is 18.7 Å². The van der Waals surface area contributed by atoms with Gasteiger partial charge in [-0.15, -0.1) is 0 Å². The Labute approximate surface area is 248 Å². The predicted octanol–water partition coefficient (Wildman–Crippen LogP) is 5.04. The molecule has 1 N–H and O–H groups in total. The minimum absolute atomic E-state index is 0.0351. The molecule has 1 saturated heterocycles. The summed E-state index contributed by atoms with van der Waals surface area (Å²) in [4.78, 5) is 16.0. The number of fused-ring (bicyclic) bond motifs is 2. The Hall–Kier alpha value is -3.76. The molecule has 0 aromatic heterocycles. The molecule has 8 nitrogen and oxygen atoms in total. The second-order valence-electron chi connectivity index (χ2n) is 10.7. The molecule has 4 aromatic rings. The summed E-state index contributed by atoms with van der Waals surface area (Å²) in [5.74, 6) is 0.561. The van der Waals surface area contributed by atoms with Crippen molar-refractivity contribution in [2.24, 2.45) is 0 Å². The lowest BCUT2D eigenvalue weighted by molar-refractivity contribution is -0.122. The normalized spacial score (nSPS) is 18.5. The third-order valence-electron chi connectivity index (χ3n) is 7.96. The second-order valence-corrected chi connectivity index (χ2v) is 11.6. The van der Waals surface area contributed by atoms with E-state index in [1.807, 2.05) is 72.8 Å². The Morgan fingerprint density at radius 1 is 0.952 bits per heavy atom. The van der Waals surface area contributed by atoms with Crippen LogP contribution in [0.15, 0.2) is 91.0 Å². The number of carbonyl (C=O) groups is 1. The zero-order valence-electron chi connectivity index (χ0n) is 23.3. The average molecular weight is 585 g/mol. The van der Waals surface area contributed by atoms with Crippen LogP contribution in [0.4, 0.5) is 5.69 Å². The van der Waals surface area contributed by atoms with Gasteiger partial charge in [-0.3, -0.25) is 18.2 Å². The van der Waals surface area contributed by atoms with Gasteiger partial charge in [-0.05, 0) is 40.1 Å². The summed E-state index contributed by atoms with van der Waals surface area (Å²) in [5.41, 5.74) is 3.35. The van der Waals surface area contributed by atoms with Crippen molar-refractivity contribution in [3.8, 4) is 5.75 Å². The van der Waals surface area contributed by atoms with Crippen LogP contribution in [-0.2, 0) is 27.3 Å². The van der Waals surface area contributed by atoms with E-state index in [4.69, 9.17) is 9.47 Å². The summed E-state index contributed by atoms with van der Waals surface area (Å²) < 4.78 is 38.2. The van der Waals surface area contributed by atoms with Crippen LogP contribution < -0.4 is 14.4 Å². The number of hydrogen-bond donors (Lipinski definition) is 1. The molecule has 218 valence electrons. The summed E-state index contributed by atoms with van der Waals surface area (Å²) in [6.45, 7) is 4.63. The topological polar surface area (TPSA) is 94.2 Å². The van der Waals surface area contributed by atoms with Gasteiger partial charge in [-0.25, -0.2) is 0 Å². The van der Waals surface area contributed by atoms with Crippen molar-refractivity contribution in [3.63, 3.8) is 0 Å². The molecular weight excluding hydrogens is 550 g/mol. The van der Waals surface area contributed by atoms with Crippen LogP contribution in [0.25, 0.3) is 10.8 Å². The fourth-order valence-corrected chi connectivity index (χ4v) is 6.51. The SMILES string of the molecule is O=C(CC(c1ccccc1)N(c1ccc2ccccc2c1)S(=O)[O-])NC1CCOc2cc(CN3CCOCC3)ccc21. The molecule has 2 aliphatic rings. The van der Waals surface area contributed by atoms with Gasteiger partial charge in [-0.2, -0.15) is 0 Å². The summed E-state index contributed by atoms with van der Waals surface area (Å²) in [5, 5.41) is 5.11. The quantitative estimate of drug-likeness (QED) is 0.277. The van der Waals surface area contributed by atoms with Crippen LogP contribution in [0.3, 0.4) is 0 Å². The maximum atomic E-state index is 13.6. The van der Waals surface area contributed by atoms with E-state index >= 15 is 0 Å². The summed E-state index contributed by atoms with van der Waals surface area (Å²) in [6, 6.07) is 27.9. The van der Waals surface area contributed by atoms with Gasteiger partial charge in [0.2, 0.25) is 5.91 Å². The third kappa shape index (κ3) is 6.50. The molecule has 2 aliphatic heterocycles. The maximum Gasteiger partial charge on any atom is 0.222 e. The third-order valence-corrected chi connectivity index (χ3v) is 8.74. The molecule has 9 heteroatoms. The highest BCUT2D eigenvalue weighted by Crippen LogP contribution is 2.36. The van der Waals surface area contributed by atoms with E-state index in [9.17, 15) is 13.6 Å². The Balaban J connectivity index is 1.22. The van der Waals surface area contributed by atoms with Crippen molar-refractivity contribution in [2.45, 2.75) is 31.5 Å². The molecule has 0 spiro atoms. The van der Waals surface area contributed by atoms with Crippen molar-refractivity contribution in [1.82, 2.24) is 10.2 Å². The standard InChI is InChI=1S/C33H35N3O5S/c37-33(34-30-14-17-41-32-20-24(10-13-29(30)32)23-35-15-18-40-19-16-35)22-31(26-7-2-1-3-8-26)36(42(38)39)28-12-11-25-6-4-5-9-27(25)21-28/h1-13,20-21,30-31H,14-19,22-23H2,(H,34,37)(H,38,39)/p-1. The van der Waals surface area contributed by atoms with Crippen LogP contribution in [0.1, 0.15) is 41.6 Å². The number of nitrogens with one attached hydrogen (secondary N) is 1. The van der Waals surface area contributed by atoms with Gasteiger partial charge in [0.15, 0.2) is 0 Å². The van der Waals surface area contributed by atoms with Gasteiger partial charge < -0.3 is 19.3 Å². The molecule has 2 heterocycles. The van der Waals surface area contributed by atoms with Gasteiger partial charge in [0.25, 0.3) is 0 Å². The van der Waals surface area contributed by atoms with E-state index in [-0.39, 0.29) is 18.4 Å². The zero-order valence-corrected chi connectivity index (χ0v) is 24.1. The smallest absolute Gasteiger partial charge is 0.222 e. The maximum absolute atomic E-state index is 13.6. The number of nitrogens with zero attached hydrogens (tertiary/aromatic N) is 2. The van der Waals surface area contributed by atoms with Gasteiger partial charge in [0.05, 0.1) is 38.3 Å². The van der Waals surface area contributed by atoms with E-state index < -0.39 is 17.3 Å². The number of benzene rings is 4. The fraction of sp³-hybridized carbons (Fsp3) is 0.303. The molecule has 0 radical (unpaired) electrons. The molecule has 0 bridgehead atoms. The molecule has 6 rings (SSSR count). The highest BCUT2D eigenvalue weighted by Gasteiger charge is 2.29. The van der Waals surface area contributed by atoms with E-state index in [0.717, 1.165) is 66.1 Å². The number of morpholine rings is 1. The summed E-state index contributed by atoms with van der Waals surface area (Å²) >= 11 is -2.62. The molecular formula is C33H34N3O5S-. The minimum atomic E-state index is -2.62. The molecule has 0 aliphatic carbocycles. The number of amides is 1. The Morgan fingerprint density at radius 2 is 1.71 bits per heavy atom. The van der Waals surface area contributed by atoms with Crippen LogP contribution >= 0.6 is 0 Å². The van der Waals surface area contributed by atoms with Crippen LogP contribution in [-0.4, -0.2) is 52.5 Å². The van der Waals surface area contributed by atoms with Gasteiger partial charge >= 0.3 is 0 Å². The number of ether oxygens (including phenoxy) is 2. The largest absolute Gasteiger partial charge is 0.755 e. The minimum Gasteiger partial charge on any atom is -0.755 e. The van der Waals surface area contributed by atoms with Crippen molar-refractivity contribution in [1.29, 1.82) is 0 Å². The lowest BCUT2D eigenvalue weighted by Gasteiger charge is -2.35. The summed E-state index contributed by atoms with van der Waals surface area (Å²) in [6.07, 6.45) is 0.603. The predicted molar refractivity (Wildman–Crippen MR) is 163 cm³/mol. The molecule has 4 aromatic carbocycles. The summed E-state index contributed by atoms with van der Waals surface area (Å²) in [7, 11) is 0. The first kappa shape index (κ1) is 28.4. The van der Waals surface area contributed by atoms with E-state index in [1.54, 1.807) is 6.07 Å². The van der Waals surface area contributed by atoms with Gasteiger partial charge in [0.1, 0.15) is 5.75 Å². The highest BCUT2D eigenvalue weighted by atomic mass is 32.2. The number of carbonyl (C=O) groups excluding carboxylic acids is 1. The number of hydrogen-bond acceptors (Lipinski definition) is 6. The molecule has 1 fully saturated rings. The average Bonchev–Trinajstić information content (AvgIpc) is 3.01. The Bertz CT molecular complexity index is 1560. The van der Waals surface area contributed by atoms with Crippen molar-refractivity contribution in [2.75, 3.05) is 37.2 Å². The lowest BCUT2D eigenvalue weighted by Crippen LogP contribution is -2.37. The molecule has 0 saturated carbocycles. The zero-order chi connectivity index (χ0) is 28.9. The monoisotopic (exact) mass is 584 g/mol. The van der Waals surface area contributed by atoms with Crippen LogP contribution in [0, 0.1) is 0 Å². The second kappa shape index (κ2) is 13.0. The Kier molecular flexibility index (Phi) is 8.81. The number of rotatable bonds is 9. The van der Waals surface area contributed by atoms with E-state index in [2.05, 4.69) is 22.3 Å².